The number of para-hydroxylation sites is 1. The molecule has 1 saturated heterocycles. The number of carbonyl (C=O) groups excluding carboxylic acids is 1. The summed E-state index contributed by atoms with van der Waals surface area (Å²) in [6.45, 7) is 2.34. The minimum atomic E-state index is -0.899. The first-order valence-corrected chi connectivity index (χ1v) is 11.8. The molecule has 9 heteroatoms. The molecule has 7 nitrogen and oxygen atoms in total. The highest BCUT2D eigenvalue weighted by atomic mass is 19.2. The van der Waals surface area contributed by atoms with Crippen LogP contribution < -0.4 is 10.6 Å². The van der Waals surface area contributed by atoms with Gasteiger partial charge in [0.2, 0.25) is 0 Å². The number of nitrogens with one attached hydrogen (secondary N) is 2. The number of amides is 2. The maximum absolute atomic E-state index is 14.0. The molecule has 36 heavy (non-hydrogen) atoms. The fourth-order valence-electron chi connectivity index (χ4n) is 4.74. The molecule has 1 aliphatic heterocycles. The molecule has 2 heterocycles. The zero-order valence-electron chi connectivity index (χ0n) is 19.8. The zero-order valence-corrected chi connectivity index (χ0v) is 19.8. The van der Waals surface area contributed by atoms with Crippen LogP contribution in [0.15, 0.2) is 72.8 Å². The van der Waals surface area contributed by atoms with Crippen LogP contribution in [0.3, 0.4) is 0 Å². The van der Waals surface area contributed by atoms with Crippen molar-refractivity contribution < 1.29 is 18.3 Å². The van der Waals surface area contributed by atoms with E-state index in [1.807, 2.05) is 54.6 Å². The summed E-state index contributed by atoms with van der Waals surface area (Å²) in [4.78, 5) is 15.4. The molecule has 2 N–H and O–H groups in total. The Hall–Kier alpha value is -3.82. The fraction of sp³-hybridized carbons (Fsp3) is 0.259. The molecule has 4 aromatic rings. The monoisotopic (exact) mass is 491 g/mol. The molecular formula is C27H27F2N5O2. The van der Waals surface area contributed by atoms with Crippen LogP contribution in [0.4, 0.5) is 19.4 Å². The van der Waals surface area contributed by atoms with Crippen LogP contribution in [0, 0.1) is 11.6 Å². The van der Waals surface area contributed by atoms with Crippen molar-refractivity contribution in [2.24, 2.45) is 0 Å². The Kier molecular flexibility index (Phi) is 6.92. The minimum Gasteiger partial charge on any atom is -0.383 e. The van der Waals surface area contributed by atoms with E-state index in [0.29, 0.717) is 37.6 Å². The fourth-order valence-corrected chi connectivity index (χ4v) is 4.74. The smallest absolute Gasteiger partial charge is 0.320 e. The van der Waals surface area contributed by atoms with E-state index < -0.39 is 17.7 Å². The number of carbonyl (C=O) groups is 1. The average Bonchev–Trinajstić information content (AvgIpc) is 3.46. The summed E-state index contributed by atoms with van der Waals surface area (Å²) in [5.74, 6) is -1.45. The van der Waals surface area contributed by atoms with Gasteiger partial charge in [0, 0.05) is 38.0 Å². The lowest BCUT2D eigenvalue weighted by atomic mass is 9.94. The summed E-state index contributed by atoms with van der Waals surface area (Å²) in [5.41, 5.74) is 2.21. The van der Waals surface area contributed by atoms with E-state index in [4.69, 9.17) is 4.74 Å². The van der Waals surface area contributed by atoms with Gasteiger partial charge >= 0.3 is 6.03 Å². The van der Waals surface area contributed by atoms with Gasteiger partial charge in [-0.15, -0.1) is 0 Å². The van der Waals surface area contributed by atoms with Crippen LogP contribution in [0.2, 0.25) is 0 Å². The number of nitrogens with zero attached hydrogens (tertiary/aromatic N) is 3. The number of hydrogen-bond donors (Lipinski definition) is 2. The number of hydrogen-bond acceptors (Lipinski definition) is 4. The van der Waals surface area contributed by atoms with Crippen molar-refractivity contribution in [1.82, 2.24) is 20.0 Å². The minimum absolute atomic E-state index is 0.210. The van der Waals surface area contributed by atoms with Gasteiger partial charge in [0.25, 0.3) is 0 Å². The molecule has 2 amide bonds. The van der Waals surface area contributed by atoms with E-state index in [2.05, 4.69) is 20.6 Å². The van der Waals surface area contributed by atoms with Crippen molar-refractivity contribution in [2.75, 3.05) is 38.7 Å². The molecule has 2 atom stereocenters. The van der Waals surface area contributed by atoms with Crippen molar-refractivity contribution in [3.8, 4) is 5.69 Å². The summed E-state index contributed by atoms with van der Waals surface area (Å²) >= 11 is 0. The second kappa shape index (κ2) is 10.4. The number of methoxy groups -OCH3 is 1. The zero-order chi connectivity index (χ0) is 25.1. The van der Waals surface area contributed by atoms with Crippen molar-refractivity contribution >= 4 is 22.8 Å². The summed E-state index contributed by atoms with van der Waals surface area (Å²) in [7, 11) is 1.63. The standard InChI is InChI=1S/C27H27F2N5O2/c1-36-14-13-33-16-21(18-11-12-22(28)23(29)15-18)25(17-33)30-27(35)31-26-20-9-5-6-10-24(20)32-34(26)19-7-3-2-4-8-19/h2-12,15,21,25H,13-14,16-17H2,1H3,(H2,30,31,35)/t21?,25-/m1/s1. The number of urea groups is 1. The van der Waals surface area contributed by atoms with Crippen molar-refractivity contribution in [2.45, 2.75) is 12.0 Å². The number of rotatable bonds is 7. The predicted octanol–water partition coefficient (Wildman–Crippen LogP) is 4.54. The first kappa shape index (κ1) is 23.9. The van der Waals surface area contributed by atoms with Crippen molar-refractivity contribution in [3.05, 3.63) is 90.0 Å². The number of ether oxygens (including phenoxy) is 1. The van der Waals surface area contributed by atoms with E-state index >= 15 is 0 Å². The molecule has 0 radical (unpaired) electrons. The largest absolute Gasteiger partial charge is 0.383 e. The molecular weight excluding hydrogens is 464 g/mol. The van der Waals surface area contributed by atoms with Crippen molar-refractivity contribution in [1.29, 1.82) is 0 Å². The SMILES string of the molecule is COCCN1CC(c2ccc(F)c(F)c2)[C@H](NC(=O)Nc2c3ccccc3nn2-c2ccccc2)C1. The summed E-state index contributed by atoms with van der Waals surface area (Å²) in [6, 6.07) is 20.4. The lowest BCUT2D eigenvalue weighted by Crippen LogP contribution is -2.42. The Balaban J connectivity index is 1.40. The highest BCUT2D eigenvalue weighted by molar-refractivity contribution is 6.00. The third kappa shape index (κ3) is 4.93. The Morgan fingerprint density at radius 3 is 2.58 bits per heavy atom. The van der Waals surface area contributed by atoms with Gasteiger partial charge in [-0.25, -0.2) is 18.3 Å². The van der Waals surface area contributed by atoms with Crippen molar-refractivity contribution in [3.63, 3.8) is 0 Å². The average molecular weight is 492 g/mol. The normalized spacial score (nSPS) is 18.0. The summed E-state index contributed by atoms with van der Waals surface area (Å²) < 4.78 is 34.5. The molecule has 0 bridgehead atoms. The Labute approximate surface area is 207 Å². The van der Waals surface area contributed by atoms with Gasteiger partial charge < -0.3 is 10.1 Å². The third-order valence-corrected chi connectivity index (χ3v) is 6.51. The first-order valence-electron chi connectivity index (χ1n) is 11.8. The number of benzene rings is 3. The van der Waals surface area contributed by atoms with Gasteiger partial charge in [-0.1, -0.05) is 36.4 Å². The lowest BCUT2D eigenvalue weighted by molar-refractivity contribution is 0.159. The van der Waals surface area contributed by atoms with Crippen LogP contribution >= 0.6 is 0 Å². The van der Waals surface area contributed by atoms with E-state index in [0.717, 1.165) is 22.7 Å². The quantitative estimate of drug-likeness (QED) is 0.398. The van der Waals surface area contributed by atoms with Crippen LogP contribution in [-0.2, 0) is 4.74 Å². The summed E-state index contributed by atoms with van der Waals surface area (Å²) in [5, 5.41) is 11.5. The molecule has 0 aliphatic carbocycles. The van der Waals surface area contributed by atoms with Crippen LogP contribution in [0.25, 0.3) is 16.6 Å². The number of likely N-dealkylation sites (tertiary alicyclic amines) is 1. The van der Waals surface area contributed by atoms with Gasteiger partial charge in [0.15, 0.2) is 11.6 Å². The van der Waals surface area contributed by atoms with Gasteiger partial charge in [-0.2, -0.15) is 5.10 Å². The van der Waals surface area contributed by atoms with E-state index in [1.54, 1.807) is 17.9 Å². The molecule has 3 aromatic carbocycles. The number of aromatic nitrogens is 2. The van der Waals surface area contributed by atoms with Crippen LogP contribution in [0.5, 0.6) is 0 Å². The van der Waals surface area contributed by atoms with E-state index in [-0.39, 0.29) is 12.0 Å². The molecule has 1 fully saturated rings. The van der Waals surface area contributed by atoms with Gasteiger partial charge in [-0.3, -0.25) is 10.2 Å². The highest BCUT2D eigenvalue weighted by Crippen LogP contribution is 2.30. The third-order valence-electron chi connectivity index (χ3n) is 6.51. The molecule has 1 aromatic heterocycles. The lowest BCUT2D eigenvalue weighted by Gasteiger charge is -2.21. The van der Waals surface area contributed by atoms with E-state index in [1.165, 1.54) is 6.07 Å². The van der Waals surface area contributed by atoms with Gasteiger partial charge in [0.1, 0.15) is 5.82 Å². The van der Waals surface area contributed by atoms with Gasteiger partial charge in [-0.05, 0) is 42.0 Å². The maximum atomic E-state index is 14.0. The number of anilines is 1. The Bertz CT molecular complexity index is 1360. The van der Waals surface area contributed by atoms with Gasteiger partial charge in [0.05, 0.1) is 23.9 Å². The molecule has 0 saturated carbocycles. The Morgan fingerprint density at radius 2 is 1.81 bits per heavy atom. The molecule has 186 valence electrons. The highest BCUT2D eigenvalue weighted by Gasteiger charge is 2.35. The Morgan fingerprint density at radius 1 is 1.03 bits per heavy atom. The molecule has 1 aliphatic rings. The van der Waals surface area contributed by atoms with Crippen LogP contribution in [-0.4, -0.2) is 60.1 Å². The van der Waals surface area contributed by atoms with Crippen LogP contribution in [0.1, 0.15) is 11.5 Å². The topological polar surface area (TPSA) is 71.4 Å². The van der Waals surface area contributed by atoms with E-state index in [9.17, 15) is 13.6 Å². The molecule has 0 spiro atoms. The molecule has 5 rings (SSSR count). The first-order chi connectivity index (χ1) is 17.5. The maximum Gasteiger partial charge on any atom is 0.320 e. The predicted molar refractivity (Wildman–Crippen MR) is 134 cm³/mol. The molecule has 1 unspecified atom stereocenters. The number of halogens is 2. The second-order valence-corrected chi connectivity index (χ2v) is 8.85. The second-order valence-electron chi connectivity index (χ2n) is 8.85. The number of fused-ring (bicyclic) bond motifs is 1. The summed E-state index contributed by atoms with van der Waals surface area (Å²) in [6.07, 6.45) is 0.